The van der Waals surface area contributed by atoms with Gasteiger partial charge in [0.2, 0.25) is 0 Å². The molecule has 2 atom stereocenters. The van der Waals surface area contributed by atoms with Crippen molar-refractivity contribution >= 4 is 0 Å². The van der Waals surface area contributed by atoms with Gasteiger partial charge in [0.25, 0.3) is 0 Å². The molecule has 0 radical (unpaired) electrons. The van der Waals surface area contributed by atoms with E-state index in [1.165, 1.54) is 19.3 Å². The monoisotopic (exact) mass is 279 g/mol. The molecule has 0 aliphatic heterocycles. The van der Waals surface area contributed by atoms with Gasteiger partial charge in [-0.2, -0.15) is 13.2 Å². The number of alkyl halides is 3. The molecule has 0 aromatic carbocycles. The Hall–Kier alpha value is -0.290. The van der Waals surface area contributed by atoms with E-state index >= 15 is 0 Å². The highest BCUT2D eigenvalue weighted by Gasteiger charge is 2.55. The molecule has 0 aromatic rings. The van der Waals surface area contributed by atoms with Gasteiger partial charge in [-0.25, -0.2) is 0 Å². The van der Waals surface area contributed by atoms with Crippen LogP contribution < -0.4 is 5.32 Å². The van der Waals surface area contributed by atoms with Gasteiger partial charge in [-0.1, -0.05) is 26.2 Å². The van der Waals surface area contributed by atoms with E-state index in [-0.39, 0.29) is 18.1 Å². The summed E-state index contributed by atoms with van der Waals surface area (Å²) in [5, 5.41) is 3.48. The Balaban J connectivity index is 1.86. The predicted octanol–water partition coefficient (Wildman–Crippen LogP) is 3.66. The van der Waals surface area contributed by atoms with E-state index in [2.05, 4.69) is 12.2 Å². The molecule has 1 spiro atoms. The SMILES string of the molecule is CCNC1CC(OCCC(F)(F)F)C12CCCCC2. The summed E-state index contributed by atoms with van der Waals surface area (Å²) < 4.78 is 42.1. The summed E-state index contributed by atoms with van der Waals surface area (Å²) in [5.41, 5.74) is 0.111. The first-order valence-corrected chi connectivity index (χ1v) is 7.40. The average Bonchev–Trinajstić information content (AvgIpc) is 2.36. The van der Waals surface area contributed by atoms with Crippen molar-refractivity contribution in [3.8, 4) is 0 Å². The van der Waals surface area contributed by atoms with Crippen molar-refractivity contribution in [3.05, 3.63) is 0 Å². The lowest BCUT2D eigenvalue weighted by Gasteiger charge is -2.58. The number of nitrogens with one attached hydrogen (secondary N) is 1. The van der Waals surface area contributed by atoms with Gasteiger partial charge in [-0.15, -0.1) is 0 Å². The highest BCUT2D eigenvalue weighted by molar-refractivity contribution is 5.08. The van der Waals surface area contributed by atoms with Crippen LogP contribution in [0.15, 0.2) is 0 Å². The van der Waals surface area contributed by atoms with Crippen LogP contribution in [0.2, 0.25) is 0 Å². The summed E-state index contributed by atoms with van der Waals surface area (Å²) in [6, 6.07) is 0.439. The molecule has 2 unspecified atom stereocenters. The molecular weight excluding hydrogens is 255 g/mol. The zero-order valence-corrected chi connectivity index (χ0v) is 11.6. The summed E-state index contributed by atoms with van der Waals surface area (Å²) in [6.45, 7) is 2.81. The molecule has 19 heavy (non-hydrogen) atoms. The molecule has 5 heteroatoms. The van der Waals surface area contributed by atoms with Crippen LogP contribution in [0.1, 0.15) is 51.9 Å². The van der Waals surface area contributed by atoms with Gasteiger partial charge in [-0.3, -0.25) is 0 Å². The molecule has 2 aliphatic rings. The van der Waals surface area contributed by atoms with Gasteiger partial charge >= 0.3 is 6.18 Å². The summed E-state index contributed by atoms with van der Waals surface area (Å²) in [7, 11) is 0. The van der Waals surface area contributed by atoms with Gasteiger partial charge in [-0.05, 0) is 25.8 Å². The Bertz CT molecular complexity index is 287. The van der Waals surface area contributed by atoms with Crippen molar-refractivity contribution in [2.45, 2.75) is 70.2 Å². The Morgan fingerprint density at radius 1 is 1.21 bits per heavy atom. The van der Waals surface area contributed by atoms with E-state index in [0.717, 1.165) is 25.8 Å². The lowest BCUT2D eigenvalue weighted by molar-refractivity contribution is -0.184. The van der Waals surface area contributed by atoms with Crippen LogP contribution in [0, 0.1) is 5.41 Å². The molecule has 0 saturated heterocycles. The second-order valence-corrected chi connectivity index (χ2v) is 5.86. The zero-order chi connectivity index (χ0) is 13.9. The lowest BCUT2D eigenvalue weighted by atomic mass is 9.55. The molecule has 2 saturated carbocycles. The van der Waals surface area contributed by atoms with E-state index in [9.17, 15) is 13.2 Å². The van der Waals surface area contributed by atoms with Crippen molar-refractivity contribution in [1.82, 2.24) is 5.32 Å². The fourth-order valence-electron chi connectivity index (χ4n) is 3.71. The first-order chi connectivity index (χ1) is 8.98. The normalized spacial score (nSPS) is 30.3. The van der Waals surface area contributed by atoms with Gasteiger partial charge < -0.3 is 10.1 Å². The minimum atomic E-state index is -4.11. The van der Waals surface area contributed by atoms with Crippen LogP contribution in [0.25, 0.3) is 0 Å². The fraction of sp³-hybridized carbons (Fsp3) is 1.00. The molecule has 2 rings (SSSR count). The van der Waals surface area contributed by atoms with E-state index in [4.69, 9.17) is 4.74 Å². The topological polar surface area (TPSA) is 21.3 Å². The molecule has 112 valence electrons. The summed E-state index contributed by atoms with van der Waals surface area (Å²) in [4.78, 5) is 0. The first-order valence-electron chi connectivity index (χ1n) is 7.40. The number of hydrogen-bond donors (Lipinski definition) is 1. The summed E-state index contributed by atoms with van der Waals surface area (Å²) >= 11 is 0. The second kappa shape index (κ2) is 6.00. The van der Waals surface area contributed by atoms with Gasteiger partial charge in [0.1, 0.15) is 0 Å². The average molecular weight is 279 g/mol. The summed E-state index contributed by atoms with van der Waals surface area (Å²) in [5.74, 6) is 0. The highest BCUT2D eigenvalue weighted by atomic mass is 19.4. The molecule has 0 amide bonds. The lowest BCUT2D eigenvalue weighted by Crippen LogP contribution is -2.64. The van der Waals surface area contributed by atoms with Gasteiger partial charge in [0.15, 0.2) is 0 Å². The Labute approximate surface area is 113 Å². The van der Waals surface area contributed by atoms with Crippen molar-refractivity contribution in [2.75, 3.05) is 13.2 Å². The molecule has 0 aromatic heterocycles. The van der Waals surface area contributed by atoms with E-state index in [0.29, 0.717) is 6.04 Å². The van der Waals surface area contributed by atoms with Crippen LogP contribution in [0.5, 0.6) is 0 Å². The van der Waals surface area contributed by atoms with Crippen molar-refractivity contribution in [2.24, 2.45) is 5.41 Å². The smallest absolute Gasteiger partial charge is 0.377 e. The van der Waals surface area contributed by atoms with Crippen molar-refractivity contribution in [3.63, 3.8) is 0 Å². The molecule has 0 bridgehead atoms. The first kappa shape index (κ1) is 15.1. The third-order valence-electron chi connectivity index (χ3n) is 4.72. The molecular formula is C14H24F3NO. The third kappa shape index (κ3) is 3.43. The van der Waals surface area contributed by atoms with Crippen molar-refractivity contribution in [1.29, 1.82) is 0 Å². The Morgan fingerprint density at radius 3 is 2.47 bits per heavy atom. The number of hydrogen-bond acceptors (Lipinski definition) is 2. The quantitative estimate of drug-likeness (QED) is 0.829. The molecule has 0 heterocycles. The summed E-state index contributed by atoms with van der Waals surface area (Å²) in [6.07, 6.45) is 1.77. The number of halogens is 3. The Morgan fingerprint density at radius 2 is 1.89 bits per heavy atom. The minimum absolute atomic E-state index is 0.0270. The number of ether oxygens (including phenoxy) is 1. The Kier molecular flexibility index (Phi) is 4.77. The minimum Gasteiger partial charge on any atom is -0.377 e. The van der Waals surface area contributed by atoms with Crippen LogP contribution >= 0.6 is 0 Å². The maximum atomic E-state index is 12.2. The maximum Gasteiger partial charge on any atom is 0.391 e. The zero-order valence-electron chi connectivity index (χ0n) is 11.6. The maximum absolute atomic E-state index is 12.2. The van der Waals surface area contributed by atoms with Crippen LogP contribution in [0.4, 0.5) is 13.2 Å². The molecule has 2 nitrogen and oxygen atoms in total. The predicted molar refractivity (Wildman–Crippen MR) is 68.0 cm³/mol. The van der Waals surface area contributed by atoms with Crippen LogP contribution in [-0.4, -0.2) is 31.5 Å². The van der Waals surface area contributed by atoms with E-state index < -0.39 is 12.6 Å². The van der Waals surface area contributed by atoms with E-state index in [1.54, 1.807) is 0 Å². The van der Waals surface area contributed by atoms with Crippen LogP contribution in [-0.2, 0) is 4.74 Å². The van der Waals surface area contributed by atoms with E-state index in [1.807, 2.05) is 0 Å². The largest absolute Gasteiger partial charge is 0.391 e. The second-order valence-electron chi connectivity index (χ2n) is 5.86. The van der Waals surface area contributed by atoms with Crippen molar-refractivity contribution < 1.29 is 17.9 Å². The molecule has 2 aliphatic carbocycles. The number of rotatable bonds is 5. The van der Waals surface area contributed by atoms with Gasteiger partial charge in [0.05, 0.1) is 19.1 Å². The highest BCUT2D eigenvalue weighted by Crippen LogP contribution is 2.53. The van der Waals surface area contributed by atoms with Gasteiger partial charge in [0, 0.05) is 11.5 Å². The molecule has 1 N–H and O–H groups in total. The molecule has 2 fully saturated rings. The standard InChI is InChI=1S/C14H24F3NO/c1-2-18-11-10-12(19-9-8-14(15,16)17)13(11)6-4-3-5-7-13/h11-12,18H,2-10H2,1H3. The third-order valence-corrected chi connectivity index (χ3v) is 4.72. The van der Waals surface area contributed by atoms with Crippen LogP contribution in [0.3, 0.4) is 0 Å². The fourth-order valence-corrected chi connectivity index (χ4v) is 3.71.